The highest BCUT2D eigenvalue weighted by atomic mass is 35.5. The third kappa shape index (κ3) is 2.91. The fraction of sp³-hybridized carbons (Fsp3) is 0.133. The molecule has 0 saturated carbocycles. The van der Waals surface area contributed by atoms with Gasteiger partial charge in [0.2, 0.25) is 0 Å². The number of hydrogen-bond donors (Lipinski definition) is 1. The van der Waals surface area contributed by atoms with Gasteiger partial charge in [-0.2, -0.15) is 5.21 Å². The molecule has 1 N–H and O–H groups in total. The first-order valence-electron chi connectivity index (χ1n) is 6.52. The highest BCUT2D eigenvalue weighted by Gasteiger charge is 2.12. The molecule has 2 aromatic carbocycles. The van der Waals surface area contributed by atoms with Gasteiger partial charge in [-0.05, 0) is 23.8 Å². The van der Waals surface area contributed by atoms with Gasteiger partial charge in [0.25, 0.3) is 0 Å². The molecule has 0 aliphatic heterocycles. The Hall–Kier alpha value is -2.11. The van der Waals surface area contributed by atoms with E-state index in [9.17, 15) is 0 Å². The lowest BCUT2D eigenvalue weighted by Crippen LogP contribution is -1.96. The number of hydrogen-bond acceptors (Lipinski definition) is 4. The number of ether oxygens (including phenoxy) is 1. The van der Waals surface area contributed by atoms with Crippen LogP contribution in [-0.2, 0) is 6.42 Å². The van der Waals surface area contributed by atoms with Crippen LogP contribution in [0.25, 0.3) is 11.1 Å². The molecule has 112 valence electrons. The van der Waals surface area contributed by atoms with E-state index < -0.39 is 0 Å². The minimum atomic E-state index is 0.506. The number of nitrogens with zero attached hydrogens (tertiary/aromatic N) is 3. The number of halogens is 2. The molecule has 0 radical (unpaired) electrons. The normalized spacial score (nSPS) is 10.7. The number of tetrazole rings is 1. The molecule has 0 bridgehead atoms. The van der Waals surface area contributed by atoms with Crippen molar-refractivity contribution in [3.63, 3.8) is 0 Å². The molecule has 0 atom stereocenters. The van der Waals surface area contributed by atoms with Crippen LogP contribution < -0.4 is 4.74 Å². The first-order chi connectivity index (χ1) is 10.7. The molecule has 0 aliphatic carbocycles. The quantitative estimate of drug-likeness (QED) is 0.788. The predicted octanol–water partition coefficient (Wildman–Crippen LogP) is 3.77. The van der Waals surface area contributed by atoms with E-state index in [1.165, 1.54) is 0 Å². The first-order valence-corrected chi connectivity index (χ1v) is 7.28. The lowest BCUT2D eigenvalue weighted by Gasteiger charge is -2.11. The maximum absolute atomic E-state index is 6.29. The molecule has 0 fully saturated rings. The maximum atomic E-state index is 6.29. The number of nitrogens with one attached hydrogen (secondary N) is 1. The van der Waals surface area contributed by atoms with Crippen LogP contribution in [0.3, 0.4) is 0 Å². The summed E-state index contributed by atoms with van der Waals surface area (Å²) in [6.45, 7) is 0. The van der Waals surface area contributed by atoms with Crippen LogP contribution >= 0.6 is 23.2 Å². The van der Waals surface area contributed by atoms with Crippen molar-refractivity contribution >= 4 is 23.2 Å². The molecule has 1 aromatic heterocycles. The van der Waals surface area contributed by atoms with Crippen molar-refractivity contribution in [2.24, 2.45) is 0 Å². The van der Waals surface area contributed by atoms with E-state index in [0.717, 1.165) is 22.4 Å². The zero-order chi connectivity index (χ0) is 15.5. The number of aromatic nitrogens is 4. The SMILES string of the molecule is COc1ccc(-c2cccc(Cl)c2Cl)cc1Cc1nn[nH]n1. The topological polar surface area (TPSA) is 63.7 Å². The van der Waals surface area contributed by atoms with Gasteiger partial charge >= 0.3 is 0 Å². The fourth-order valence-electron chi connectivity index (χ4n) is 2.24. The molecular formula is C15H12Cl2N4O. The molecule has 0 amide bonds. The second-order valence-corrected chi connectivity index (χ2v) is 5.42. The van der Waals surface area contributed by atoms with Crippen molar-refractivity contribution in [1.82, 2.24) is 20.6 Å². The van der Waals surface area contributed by atoms with E-state index in [0.29, 0.717) is 22.3 Å². The second-order valence-electron chi connectivity index (χ2n) is 4.63. The lowest BCUT2D eigenvalue weighted by atomic mass is 10.0. The molecule has 0 spiro atoms. The number of methoxy groups -OCH3 is 1. The molecular weight excluding hydrogens is 323 g/mol. The van der Waals surface area contributed by atoms with E-state index in [-0.39, 0.29) is 0 Å². The van der Waals surface area contributed by atoms with E-state index in [2.05, 4.69) is 20.6 Å². The Morgan fingerprint density at radius 3 is 2.77 bits per heavy atom. The Labute approximate surface area is 137 Å². The van der Waals surface area contributed by atoms with Gasteiger partial charge in [0.15, 0.2) is 5.82 Å². The van der Waals surface area contributed by atoms with Crippen LogP contribution in [0.4, 0.5) is 0 Å². The van der Waals surface area contributed by atoms with Crippen LogP contribution in [0, 0.1) is 0 Å². The Bertz CT molecular complexity index is 790. The van der Waals surface area contributed by atoms with Crippen LogP contribution in [-0.4, -0.2) is 27.7 Å². The van der Waals surface area contributed by atoms with Gasteiger partial charge in [-0.1, -0.05) is 46.6 Å². The number of aromatic amines is 1. The van der Waals surface area contributed by atoms with Crippen molar-refractivity contribution in [1.29, 1.82) is 0 Å². The average molecular weight is 335 g/mol. The van der Waals surface area contributed by atoms with Gasteiger partial charge in [-0.3, -0.25) is 0 Å². The summed E-state index contributed by atoms with van der Waals surface area (Å²) in [6.07, 6.45) is 0.506. The summed E-state index contributed by atoms with van der Waals surface area (Å²) >= 11 is 12.4. The third-order valence-electron chi connectivity index (χ3n) is 3.28. The standard InChI is InChI=1S/C15H12Cl2N4O/c1-22-13-6-5-9(11-3-2-4-12(16)15(11)17)7-10(13)8-14-18-20-21-19-14/h2-7H,8H2,1H3,(H,18,19,20,21). The van der Waals surface area contributed by atoms with Gasteiger partial charge in [-0.15, -0.1) is 10.2 Å². The van der Waals surface area contributed by atoms with Gasteiger partial charge < -0.3 is 4.74 Å². The van der Waals surface area contributed by atoms with Crippen molar-refractivity contribution in [3.8, 4) is 16.9 Å². The summed E-state index contributed by atoms with van der Waals surface area (Å²) in [6, 6.07) is 11.4. The van der Waals surface area contributed by atoms with Gasteiger partial charge in [0.05, 0.1) is 17.2 Å². The maximum Gasteiger partial charge on any atom is 0.179 e. The predicted molar refractivity (Wildman–Crippen MR) is 85.4 cm³/mol. The summed E-state index contributed by atoms with van der Waals surface area (Å²) in [5, 5.41) is 15.0. The van der Waals surface area contributed by atoms with Gasteiger partial charge in [0, 0.05) is 17.5 Å². The molecule has 3 aromatic rings. The molecule has 0 aliphatic rings. The fourth-order valence-corrected chi connectivity index (χ4v) is 2.65. The monoisotopic (exact) mass is 334 g/mol. The minimum Gasteiger partial charge on any atom is -0.496 e. The molecule has 1 heterocycles. The third-order valence-corrected chi connectivity index (χ3v) is 4.10. The smallest absolute Gasteiger partial charge is 0.179 e. The van der Waals surface area contributed by atoms with E-state index >= 15 is 0 Å². The van der Waals surface area contributed by atoms with E-state index in [4.69, 9.17) is 27.9 Å². The highest BCUT2D eigenvalue weighted by Crippen LogP contribution is 2.35. The van der Waals surface area contributed by atoms with Gasteiger partial charge in [-0.25, -0.2) is 0 Å². The largest absolute Gasteiger partial charge is 0.496 e. The number of H-pyrrole nitrogens is 1. The summed E-state index contributed by atoms with van der Waals surface area (Å²) in [5.74, 6) is 1.35. The Balaban J connectivity index is 2.05. The highest BCUT2D eigenvalue weighted by molar-refractivity contribution is 6.43. The van der Waals surface area contributed by atoms with Crippen molar-refractivity contribution < 1.29 is 4.74 Å². The first kappa shape index (κ1) is 14.8. The van der Waals surface area contributed by atoms with Crippen molar-refractivity contribution in [2.75, 3.05) is 7.11 Å². The Kier molecular flexibility index (Phi) is 4.27. The van der Waals surface area contributed by atoms with E-state index in [1.54, 1.807) is 13.2 Å². The summed E-state index contributed by atoms with van der Waals surface area (Å²) in [7, 11) is 1.63. The molecule has 3 rings (SSSR count). The van der Waals surface area contributed by atoms with Crippen molar-refractivity contribution in [3.05, 3.63) is 57.8 Å². The second kappa shape index (κ2) is 6.34. The van der Waals surface area contributed by atoms with Crippen LogP contribution in [0.5, 0.6) is 5.75 Å². The van der Waals surface area contributed by atoms with Crippen LogP contribution in [0.1, 0.15) is 11.4 Å². The number of benzene rings is 2. The molecule has 7 heteroatoms. The zero-order valence-electron chi connectivity index (χ0n) is 11.7. The van der Waals surface area contributed by atoms with Crippen molar-refractivity contribution in [2.45, 2.75) is 6.42 Å². The summed E-state index contributed by atoms with van der Waals surface area (Å²) in [4.78, 5) is 0. The average Bonchev–Trinajstić information content (AvgIpc) is 3.03. The molecule has 0 unspecified atom stereocenters. The number of rotatable bonds is 4. The van der Waals surface area contributed by atoms with Gasteiger partial charge in [0.1, 0.15) is 5.75 Å². The Morgan fingerprint density at radius 1 is 1.18 bits per heavy atom. The van der Waals surface area contributed by atoms with E-state index in [1.807, 2.05) is 30.3 Å². The lowest BCUT2D eigenvalue weighted by molar-refractivity contribution is 0.410. The minimum absolute atomic E-state index is 0.506. The molecule has 0 saturated heterocycles. The van der Waals surface area contributed by atoms with Crippen LogP contribution in [0.2, 0.25) is 10.0 Å². The molecule has 5 nitrogen and oxygen atoms in total. The zero-order valence-corrected chi connectivity index (χ0v) is 13.2. The summed E-state index contributed by atoms with van der Waals surface area (Å²) in [5.41, 5.74) is 2.76. The van der Waals surface area contributed by atoms with Crippen LogP contribution in [0.15, 0.2) is 36.4 Å². The Morgan fingerprint density at radius 2 is 2.05 bits per heavy atom. The summed E-state index contributed by atoms with van der Waals surface area (Å²) < 4.78 is 5.39. The molecule has 22 heavy (non-hydrogen) atoms.